The van der Waals surface area contributed by atoms with E-state index in [1.54, 1.807) is 0 Å². The second-order valence-corrected chi connectivity index (χ2v) is 21.1. The van der Waals surface area contributed by atoms with E-state index in [1.165, 1.54) is 89.2 Å². The highest BCUT2D eigenvalue weighted by atomic mass is 15.2. The lowest BCUT2D eigenvalue weighted by Crippen LogP contribution is -2.61. The molecule has 0 bridgehead atoms. The lowest BCUT2D eigenvalue weighted by atomic mass is 9.33. The minimum Gasteiger partial charge on any atom is -0.311 e. The number of rotatable bonds is 5. The van der Waals surface area contributed by atoms with Crippen molar-refractivity contribution >= 4 is 57.2 Å². The Balaban J connectivity index is 1.02. The first-order valence-corrected chi connectivity index (χ1v) is 25.7. The molecule has 0 saturated heterocycles. The second-order valence-electron chi connectivity index (χ2n) is 21.1. The number of hydrogen-bond acceptors (Lipinski definition) is 5. The Morgan fingerprint density at radius 3 is 1.39 bits per heavy atom. The summed E-state index contributed by atoms with van der Waals surface area (Å²) in [6.07, 6.45) is 0. The molecular weight excluding hydrogens is 898 g/mol. The van der Waals surface area contributed by atoms with Gasteiger partial charge in [0.25, 0.3) is 6.71 Å². The van der Waals surface area contributed by atoms with Gasteiger partial charge in [0.15, 0.2) is 17.5 Å². The van der Waals surface area contributed by atoms with Crippen molar-refractivity contribution in [2.75, 3.05) is 9.80 Å². The molecule has 1 spiro atoms. The lowest BCUT2D eigenvalue weighted by Gasteiger charge is -2.45. The first kappa shape index (κ1) is 42.5. The summed E-state index contributed by atoms with van der Waals surface area (Å²) in [5.41, 5.74) is 24.4. The Kier molecular flexibility index (Phi) is 9.16. The largest absolute Gasteiger partial charge is 0.311 e. The van der Waals surface area contributed by atoms with Gasteiger partial charge in [-0.15, -0.1) is 0 Å². The average Bonchev–Trinajstić information content (AvgIpc) is 3.95. The summed E-state index contributed by atoms with van der Waals surface area (Å²) in [5.74, 6) is 1.93. The van der Waals surface area contributed by atoms with Crippen molar-refractivity contribution in [1.82, 2.24) is 15.0 Å². The topological polar surface area (TPSA) is 45.2 Å². The van der Waals surface area contributed by atoms with Gasteiger partial charge in [0, 0.05) is 50.8 Å². The summed E-state index contributed by atoms with van der Waals surface area (Å²) in [6, 6.07) is 86.8. The minimum absolute atomic E-state index is 0.0367. The summed E-state index contributed by atoms with van der Waals surface area (Å²) in [6.45, 7) is 6.98. The SMILES string of the molecule is CC(C)(C)c1cc2c3c(c1)N(c1ccccc1)c1cc4c(cc1B3c1ccccc1N2c1ccccc1)-c1ccccc1C41c2ccccc2-c2ccc(-c3nc(-c4ccccc4)nc(-c4ccccc4)n3)cc21. The number of para-hydroxylation sites is 3. The molecule has 0 fully saturated rings. The fourth-order valence-electron chi connectivity index (χ4n) is 12.8. The molecule has 0 saturated carbocycles. The molecule has 10 aromatic carbocycles. The molecule has 1 atom stereocenters. The van der Waals surface area contributed by atoms with Gasteiger partial charge in [-0.3, -0.25) is 0 Å². The van der Waals surface area contributed by atoms with Crippen molar-refractivity contribution in [2.45, 2.75) is 31.6 Å². The fourth-order valence-corrected chi connectivity index (χ4v) is 12.8. The molecule has 348 valence electrons. The van der Waals surface area contributed by atoms with E-state index in [9.17, 15) is 0 Å². The van der Waals surface area contributed by atoms with Crippen LogP contribution in [-0.2, 0) is 10.8 Å². The van der Waals surface area contributed by atoms with Crippen LogP contribution < -0.4 is 26.2 Å². The summed E-state index contributed by atoms with van der Waals surface area (Å²) >= 11 is 0. The predicted octanol–water partition coefficient (Wildman–Crippen LogP) is 14.6. The first-order chi connectivity index (χ1) is 36.3. The van der Waals surface area contributed by atoms with Crippen molar-refractivity contribution in [1.29, 1.82) is 0 Å². The third kappa shape index (κ3) is 6.09. The highest BCUT2D eigenvalue weighted by molar-refractivity contribution is 7.00. The van der Waals surface area contributed by atoms with E-state index in [4.69, 9.17) is 15.0 Å². The minimum atomic E-state index is -0.657. The lowest BCUT2D eigenvalue weighted by molar-refractivity contribution is 0.590. The van der Waals surface area contributed by atoms with Crippen LogP contribution in [0.1, 0.15) is 48.6 Å². The van der Waals surface area contributed by atoms with Crippen LogP contribution in [0.3, 0.4) is 0 Å². The van der Waals surface area contributed by atoms with Crippen molar-refractivity contribution < 1.29 is 0 Å². The second kappa shape index (κ2) is 15.9. The van der Waals surface area contributed by atoms with Gasteiger partial charge in [-0.05, 0) is 126 Å². The van der Waals surface area contributed by atoms with E-state index in [1.807, 2.05) is 36.4 Å². The highest BCUT2D eigenvalue weighted by Gasteiger charge is 2.54. The number of fused-ring (bicyclic) bond motifs is 14. The van der Waals surface area contributed by atoms with E-state index in [-0.39, 0.29) is 12.1 Å². The van der Waals surface area contributed by atoms with E-state index < -0.39 is 5.41 Å². The third-order valence-electron chi connectivity index (χ3n) is 16.0. The molecule has 6 heteroatoms. The molecule has 1 unspecified atom stereocenters. The number of aromatic nitrogens is 3. The van der Waals surface area contributed by atoms with Crippen LogP contribution in [0.15, 0.2) is 237 Å². The highest BCUT2D eigenvalue weighted by Crippen LogP contribution is 2.64. The Hall–Kier alpha value is -9.13. The fraction of sp³-hybridized carbons (Fsp3) is 0.0735. The van der Waals surface area contributed by atoms with Crippen molar-refractivity contribution in [3.8, 4) is 56.4 Å². The molecule has 11 aromatic rings. The van der Waals surface area contributed by atoms with Gasteiger partial charge >= 0.3 is 0 Å². The van der Waals surface area contributed by atoms with Crippen LogP contribution in [0.2, 0.25) is 0 Å². The maximum Gasteiger partial charge on any atom is 0.252 e. The zero-order chi connectivity index (χ0) is 49.3. The molecule has 1 aromatic heterocycles. The molecule has 2 aliphatic heterocycles. The van der Waals surface area contributed by atoms with E-state index in [0.29, 0.717) is 17.5 Å². The maximum absolute atomic E-state index is 5.27. The molecule has 0 N–H and O–H groups in total. The number of benzene rings is 10. The van der Waals surface area contributed by atoms with Gasteiger partial charge in [-0.25, -0.2) is 15.0 Å². The van der Waals surface area contributed by atoms with Crippen molar-refractivity contribution in [3.05, 3.63) is 264 Å². The number of nitrogens with zero attached hydrogens (tertiary/aromatic N) is 5. The van der Waals surface area contributed by atoms with Gasteiger partial charge in [0.05, 0.1) is 5.41 Å². The summed E-state index contributed by atoms with van der Waals surface area (Å²) in [7, 11) is 0. The molecule has 0 amide bonds. The Labute approximate surface area is 432 Å². The van der Waals surface area contributed by atoms with Crippen molar-refractivity contribution in [3.63, 3.8) is 0 Å². The zero-order valence-electron chi connectivity index (χ0n) is 41.3. The van der Waals surface area contributed by atoms with Gasteiger partial charge in [-0.2, -0.15) is 0 Å². The summed E-state index contributed by atoms with van der Waals surface area (Å²) in [5, 5.41) is 0. The third-order valence-corrected chi connectivity index (χ3v) is 16.0. The zero-order valence-corrected chi connectivity index (χ0v) is 41.3. The van der Waals surface area contributed by atoms with Gasteiger partial charge in [-0.1, -0.05) is 203 Å². The average molecular weight is 946 g/mol. The Morgan fingerprint density at radius 1 is 0.351 bits per heavy atom. The number of hydrogen-bond donors (Lipinski definition) is 0. The summed E-state index contributed by atoms with van der Waals surface area (Å²) < 4.78 is 0. The molecule has 74 heavy (non-hydrogen) atoms. The Bertz CT molecular complexity index is 4020. The quantitative estimate of drug-likeness (QED) is 0.161. The van der Waals surface area contributed by atoms with Crippen LogP contribution in [0.5, 0.6) is 0 Å². The molecule has 15 rings (SSSR count). The van der Waals surface area contributed by atoms with Crippen LogP contribution in [0.25, 0.3) is 56.4 Å². The monoisotopic (exact) mass is 945 g/mol. The molecule has 2 aliphatic carbocycles. The molecule has 0 radical (unpaired) electrons. The van der Waals surface area contributed by atoms with Gasteiger partial charge in [0.1, 0.15) is 0 Å². The van der Waals surface area contributed by atoms with Crippen molar-refractivity contribution in [2.24, 2.45) is 0 Å². The van der Waals surface area contributed by atoms with Gasteiger partial charge in [0.2, 0.25) is 0 Å². The molecular formula is C68H48BN5. The van der Waals surface area contributed by atoms with Crippen LogP contribution in [-0.4, -0.2) is 21.7 Å². The predicted molar refractivity (Wildman–Crippen MR) is 305 cm³/mol. The van der Waals surface area contributed by atoms with E-state index >= 15 is 0 Å². The van der Waals surface area contributed by atoms with Crippen LogP contribution >= 0.6 is 0 Å². The summed E-state index contributed by atoms with van der Waals surface area (Å²) in [4.78, 5) is 20.7. The molecule has 3 heterocycles. The first-order valence-electron chi connectivity index (χ1n) is 25.7. The molecule has 4 aliphatic rings. The molecule has 5 nitrogen and oxygen atoms in total. The normalized spacial score (nSPS) is 15.2. The Morgan fingerprint density at radius 2 is 0.811 bits per heavy atom. The standard InChI is InChI=1S/C68H48BN5/c1-67(2,3)46-39-61-63-62(40-46)74(48-28-14-7-15-29-48)60-42-56-52(41-58(60)69(63)57-34-20-21-35-59(57)73(61)47-26-12-6-13-27-47)50-31-17-19-33-54(50)68(56)53-32-18-16-30-49(53)51-37-36-45(38-55(51)68)66-71-64(43-22-8-4-9-23-43)70-65(72-66)44-24-10-5-11-25-44/h4-42H,1-3H3. The smallest absolute Gasteiger partial charge is 0.252 e. The van der Waals surface area contributed by atoms with E-state index in [2.05, 4.69) is 231 Å². The number of anilines is 6. The van der Waals surface area contributed by atoms with Crippen LogP contribution in [0, 0.1) is 0 Å². The van der Waals surface area contributed by atoms with E-state index in [0.717, 1.165) is 28.1 Å². The van der Waals surface area contributed by atoms with Gasteiger partial charge < -0.3 is 9.80 Å². The maximum atomic E-state index is 5.27. The van der Waals surface area contributed by atoms with Crippen LogP contribution in [0.4, 0.5) is 34.1 Å².